The number of thioether (sulfide) groups is 1. The molecule has 0 aliphatic carbocycles. The van der Waals surface area contributed by atoms with Gasteiger partial charge in [-0.3, -0.25) is 4.79 Å². The van der Waals surface area contributed by atoms with Crippen molar-refractivity contribution in [2.45, 2.75) is 36.9 Å². The first-order chi connectivity index (χ1) is 11.2. The SMILES string of the molecule is CSc1ccc(C2N(c3cc(C)on3)C(=O)C3CCC[NH+]32)cc1. The van der Waals surface area contributed by atoms with Crippen molar-refractivity contribution in [2.24, 2.45) is 0 Å². The molecule has 0 radical (unpaired) electrons. The molecule has 3 atom stereocenters. The number of carbonyl (C=O) groups is 1. The first-order valence-corrected chi connectivity index (χ1v) is 9.17. The van der Waals surface area contributed by atoms with E-state index in [1.54, 1.807) is 11.8 Å². The van der Waals surface area contributed by atoms with Crippen LogP contribution in [0.1, 0.15) is 30.3 Å². The van der Waals surface area contributed by atoms with Crippen molar-refractivity contribution in [3.05, 3.63) is 41.7 Å². The number of amides is 1. The number of rotatable bonds is 3. The highest BCUT2D eigenvalue weighted by Crippen LogP contribution is 2.31. The summed E-state index contributed by atoms with van der Waals surface area (Å²) in [5.74, 6) is 1.53. The molecule has 120 valence electrons. The topological polar surface area (TPSA) is 50.8 Å². The molecule has 2 aliphatic rings. The van der Waals surface area contributed by atoms with Gasteiger partial charge in [0.1, 0.15) is 5.76 Å². The van der Waals surface area contributed by atoms with Gasteiger partial charge in [-0.1, -0.05) is 5.16 Å². The van der Waals surface area contributed by atoms with Crippen molar-refractivity contribution in [1.82, 2.24) is 5.16 Å². The second-order valence-corrected chi connectivity index (χ2v) is 7.08. The fraction of sp³-hybridized carbons (Fsp3) is 0.412. The zero-order chi connectivity index (χ0) is 16.0. The molecule has 4 rings (SSSR count). The molecule has 1 aromatic carbocycles. The van der Waals surface area contributed by atoms with E-state index in [9.17, 15) is 4.79 Å². The summed E-state index contributed by atoms with van der Waals surface area (Å²) in [5, 5.41) is 4.10. The van der Waals surface area contributed by atoms with Crippen molar-refractivity contribution < 1.29 is 14.2 Å². The Labute approximate surface area is 139 Å². The van der Waals surface area contributed by atoms with E-state index in [0.717, 1.165) is 30.7 Å². The molecule has 1 aromatic heterocycles. The molecule has 3 unspecified atom stereocenters. The Balaban J connectivity index is 1.76. The Morgan fingerprint density at radius 3 is 2.78 bits per heavy atom. The quantitative estimate of drug-likeness (QED) is 0.872. The fourth-order valence-corrected chi connectivity index (χ4v) is 4.21. The van der Waals surface area contributed by atoms with E-state index >= 15 is 0 Å². The van der Waals surface area contributed by atoms with Crippen LogP contribution in [-0.2, 0) is 4.79 Å². The highest BCUT2D eigenvalue weighted by Gasteiger charge is 2.54. The van der Waals surface area contributed by atoms with Gasteiger partial charge in [0.05, 0.1) is 6.54 Å². The Morgan fingerprint density at radius 2 is 2.13 bits per heavy atom. The number of aromatic nitrogens is 1. The molecule has 23 heavy (non-hydrogen) atoms. The number of nitrogens with one attached hydrogen (secondary N) is 1. The summed E-state index contributed by atoms with van der Waals surface area (Å²) >= 11 is 1.73. The molecule has 5 nitrogen and oxygen atoms in total. The summed E-state index contributed by atoms with van der Waals surface area (Å²) in [4.78, 5) is 17.3. The van der Waals surface area contributed by atoms with Gasteiger partial charge in [-0.05, 0) is 37.4 Å². The number of benzene rings is 1. The molecule has 0 saturated carbocycles. The van der Waals surface area contributed by atoms with E-state index in [1.165, 1.54) is 9.80 Å². The molecule has 2 aromatic rings. The molecular weight excluding hydrogens is 310 g/mol. The molecule has 1 N–H and O–H groups in total. The summed E-state index contributed by atoms with van der Waals surface area (Å²) in [6.45, 7) is 2.88. The van der Waals surface area contributed by atoms with Gasteiger partial charge in [0.25, 0.3) is 5.91 Å². The van der Waals surface area contributed by atoms with Gasteiger partial charge in [0.2, 0.25) is 0 Å². The fourth-order valence-electron chi connectivity index (χ4n) is 3.80. The van der Waals surface area contributed by atoms with Crippen LogP contribution in [0.2, 0.25) is 0 Å². The Kier molecular flexibility index (Phi) is 3.66. The van der Waals surface area contributed by atoms with E-state index in [2.05, 4.69) is 35.7 Å². The number of hydrogen-bond donors (Lipinski definition) is 1. The second-order valence-electron chi connectivity index (χ2n) is 6.20. The smallest absolute Gasteiger partial charge is 0.291 e. The lowest BCUT2D eigenvalue weighted by atomic mass is 10.1. The van der Waals surface area contributed by atoms with Gasteiger partial charge >= 0.3 is 0 Å². The zero-order valence-corrected chi connectivity index (χ0v) is 14.1. The highest BCUT2D eigenvalue weighted by molar-refractivity contribution is 7.98. The van der Waals surface area contributed by atoms with E-state index < -0.39 is 0 Å². The molecule has 3 heterocycles. The lowest BCUT2D eigenvalue weighted by Crippen LogP contribution is -3.12. The van der Waals surface area contributed by atoms with Crippen molar-refractivity contribution in [2.75, 3.05) is 17.7 Å². The average molecular weight is 330 g/mol. The van der Waals surface area contributed by atoms with Crippen LogP contribution >= 0.6 is 11.8 Å². The Morgan fingerprint density at radius 1 is 1.35 bits per heavy atom. The molecule has 2 saturated heterocycles. The van der Waals surface area contributed by atoms with Gasteiger partial charge in [-0.2, -0.15) is 0 Å². The monoisotopic (exact) mass is 330 g/mol. The third-order valence-corrected chi connectivity index (χ3v) is 5.59. The summed E-state index contributed by atoms with van der Waals surface area (Å²) in [5.41, 5.74) is 1.16. The standard InChI is InChI=1S/C17H19N3O2S/c1-11-10-15(18-22-11)20-16(12-5-7-13(23-2)8-6-12)19-9-3-4-14(19)17(20)21/h5-8,10,14,16H,3-4,9H2,1-2H3/p+1. The van der Waals surface area contributed by atoms with Crippen LogP contribution in [0.15, 0.2) is 39.8 Å². The maximum atomic E-state index is 12.9. The predicted octanol–water partition coefficient (Wildman–Crippen LogP) is 1.80. The van der Waals surface area contributed by atoms with Crippen molar-refractivity contribution in [1.29, 1.82) is 0 Å². The molecule has 1 amide bonds. The minimum Gasteiger partial charge on any atom is -0.360 e. The van der Waals surface area contributed by atoms with E-state index in [1.807, 2.05) is 17.9 Å². The number of anilines is 1. The van der Waals surface area contributed by atoms with Crippen molar-refractivity contribution in [3.8, 4) is 0 Å². The van der Waals surface area contributed by atoms with E-state index in [4.69, 9.17) is 4.52 Å². The molecule has 0 spiro atoms. The summed E-state index contributed by atoms with van der Waals surface area (Å²) < 4.78 is 5.21. The third-order valence-electron chi connectivity index (χ3n) is 4.84. The Hall–Kier alpha value is -1.79. The highest BCUT2D eigenvalue weighted by atomic mass is 32.2. The zero-order valence-electron chi connectivity index (χ0n) is 13.3. The average Bonchev–Trinajstić information content (AvgIpc) is 3.25. The van der Waals surface area contributed by atoms with Gasteiger partial charge in [-0.25, -0.2) is 4.90 Å². The first kappa shape index (κ1) is 14.8. The lowest BCUT2D eigenvalue weighted by molar-refractivity contribution is -0.924. The summed E-state index contributed by atoms with van der Waals surface area (Å²) in [7, 11) is 0. The predicted molar refractivity (Wildman–Crippen MR) is 88.5 cm³/mol. The normalized spacial score (nSPS) is 26.8. The number of carbonyl (C=O) groups excluding carboxylic acids is 1. The molecule has 0 bridgehead atoms. The lowest BCUT2D eigenvalue weighted by Gasteiger charge is -2.24. The summed E-state index contributed by atoms with van der Waals surface area (Å²) in [6.07, 6.45) is 4.13. The minimum atomic E-state index is -0.00425. The number of fused-ring (bicyclic) bond motifs is 1. The third kappa shape index (κ3) is 2.37. The maximum absolute atomic E-state index is 12.9. The molecule has 2 aliphatic heterocycles. The largest absolute Gasteiger partial charge is 0.360 e. The Bertz CT molecular complexity index is 728. The molecular formula is C17H20N3O2S+. The van der Waals surface area contributed by atoms with Gasteiger partial charge in [0, 0.05) is 29.4 Å². The number of hydrogen-bond acceptors (Lipinski definition) is 4. The maximum Gasteiger partial charge on any atom is 0.291 e. The van der Waals surface area contributed by atoms with Crippen LogP contribution in [-0.4, -0.2) is 29.9 Å². The van der Waals surface area contributed by atoms with E-state index in [-0.39, 0.29) is 18.1 Å². The van der Waals surface area contributed by atoms with Crippen LogP contribution in [0.25, 0.3) is 0 Å². The number of quaternary nitrogens is 1. The van der Waals surface area contributed by atoms with Gasteiger partial charge < -0.3 is 9.42 Å². The minimum absolute atomic E-state index is 0.00425. The van der Waals surface area contributed by atoms with Crippen LogP contribution < -0.4 is 9.80 Å². The second kappa shape index (κ2) is 5.69. The van der Waals surface area contributed by atoms with Crippen LogP contribution in [0.5, 0.6) is 0 Å². The van der Waals surface area contributed by atoms with Gasteiger partial charge in [-0.15, -0.1) is 11.8 Å². The van der Waals surface area contributed by atoms with Crippen molar-refractivity contribution in [3.63, 3.8) is 0 Å². The summed E-state index contributed by atoms with van der Waals surface area (Å²) in [6, 6.07) is 10.4. The van der Waals surface area contributed by atoms with Crippen molar-refractivity contribution >= 4 is 23.5 Å². The van der Waals surface area contributed by atoms with Gasteiger partial charge in [0.15, 0.2) is 18.0 Å². The van der Waals surface area contributed by atoms with Crippen LogP contribution in [0.3, 0.4) is 0 Å². The molecule has 2 fully saturated rings. The number of nitrogens with zero attached hydrogens (tertiary/aromatic N) is 2. The van der Waals surface area contributed by atoms with Crippen LogP contribution in [0.4, 0.5) is 5.82 Å². The molecule has 6 heteroatoms. The first-order valence-electron chi connectivity index (χ1n) is 7.95. The van der Waals surface area contributed by atoms with Crippen LogP contribution in [0, 0.1) is 6.92 Å². The van der Waals surface area contributed by atoms with E-state index in [0.29, 0.717) is 5.82 Å². The number of aryl methyl sites for hydroxylation is 1.